The summed E-state index contributed by atoms with van der Waals surface area (Å²) in [6.45, 7) is -0.0744. The van der Waals surface area contributed by atoms with E-state index in [4.69, 9.17) is 14.9 Å². The molecule has 8 nitrogen and oxygen atoms in total. The number of nitro groups is 1. The Balaban J connectivity index is 2.11. The summed E-state index contributed by atoms with van der Waals surface area (Å²) in [6.07, 6.45) is 0. The number of nitrogens with zero attached hydrogens (tertiary/aromatic N) is 3. The van der Waals surface area contributed by atoms with Crippen molar-refractivity contribution in [1.82, 2.24) is 10.2 Å². The van der Waals surface area contributed by atoms with Crippen molar-refractivity contribution in [3.63, 3.8) is 0 Å². The van der Waals surface area contributed by atoms with Gasteiger partial charge in [0.15, 0.2) is 12.4 Å². The molecular weight excluding hydrogens is 228 g/mol. The molecule has 0 aliphatic heterocycles. The van der Waals surface area contributed by atoms with Gasteiger partial charge < -0.3 is 14.9 Å². The van der Waals surface area contributed by atoms with Gasteiger partial charge in [0.05, 0.1) is 4.92 Å². The largest absolute Gasteiger partial charge is 0.477 e. The fraction of sp³-hybridized carbons (Fsp3) is 0.111. The second-order valence-corrected chi connectivity index (χ2v) is 3.05. The first-order chi connectivity index (χ1) is 8.16. The van der Waals surface area contributed by atoms with E-state index in [1.165, 1.54) is 12.1 Å². The Hall–Kier alpha value is -2.64. The molecule has 2 N–H and O–H groups in total. The Kier molecular flexibility index (Phi) is 2.86. The van der Waals surface area contributed by atoms with Gasteiger partial charge in [-0.2, -0.15) is 0 Å². The van der Waals surface area contributed by atoms with E-state index < -0.39 is 4.92 Å². The summed E-state index contributed by atoms with van der Waals surface area (Å²) < 4.78 is 10.1. The van der Waals surface area contributed by atoms with Crippen molar-refractivity contribution in [3.8, 4) is 5.75 Å². The Labute approximate surface area is 95.2 Å². The zero-order valence-electron chi connectivity index (χ0n) is 8.57. The van der Waals surface area contributed by atoms with E-state index in [9.17, 15) is 10.1 Å². The zero-order chi connectivity index (χ0) is 12.3. The number of para-hydroxylation sites is 2. The molecule has 0 radical (unpaired) electrons. The number of nitrogens with two attached hydrogens (primary N) is 1. The Morgan fingerprint density at radius 2 is 2.18 bits per heavy atom. The lowest BCUT2D eigenvalue weighted by Crippen LogP contribution is -1.99. The van der Waals surface area contributed by atoms with Crippen molar-refractivity contribution in [2.45, 2.75) is 6.61 Å². The molecule has 0 amide bonds. The number of hydrogen-bond donors (Lipinski definition) is 1. The van der Waals surface area contributed by atoms with Crippen LogP contribution in [0.25, 0.3) is 0 Å². The third kappa shape index (κ3) is 2.48. The molecular formula is C9H8N4O4. The second kappa shape index (κ2) is 4.47. The van der Waals surface area contributed by atoms with Gasteiger partial charge >= 0.3 is 11.7 Å². The minimum absolute atomic E-state index is 0.0744. The van der Waals surface area contributed by atoms with Crippen LogP contribution in [0.3, 0.4) is 0 Å². The predicted octanol–water partition coefficient (Wildman–Crippen LogP) is 1.14. The summed E-state index contributed by atoms with van der Waals surface area (Å²) in [6, 6.07) is 5.93. The van der Waals surface area contributed by atoms with Crippen LogP contribution in [0, 0.1) is 10.1 Å². The van der Waals surface area contributed by atoms with Crippen LogP contribution in [0.1, 0.15) is 5.89 Å². The van der Waals surface area contributed by atoms with Crippen LogP contribution in [0.4, 0.5) is 11.7 Å². The SMILES string of the molecule is Nc1nnc(COc2ccccc2[N+](=O)[O-])o1. The van der Waals surface area contributed by atoms with E-state index in [0.717, 1.165) is 0 Å². The van der Waals surface area contributed by atoms with Crippen LogP contribution in [0.15, 0.2) is 28.7 Å². The van der Waals surface area contributed by atoms with Gasteiger partial charge in [-0.05, 0) is 6.07 Å². The summed E-state index contributed by atoms with van der Waals surface area (Å²) in [5, 5.41) is 17.7. The summed E-state index contributed by atoms with van der Waals surface area (Å²) in [4.78, 5) is 10.2. The van der Waals surface area contributed by atoms with Gasteiger partial charge in [0, 0.05) is 6.07 Å². The van der Waals surface area contributed by atoms with E-state index >= 15 is 0 Å². The molecule has 0 unspecified atom stereocenters. The summed E-state index contributed by atoms with van der Waals surface area (Å²) in [7, 11) is 0. The molecule has 0 saturated carbocycles. The van der Waals surface area contributed by atoms with Crippen molar-refractivity contribution in [2.24, 2.45) is 0 Å². The predicted molar refractivity (Wildman–Crippen MR) is 56.1 cm³/mol. The average Bonchev–Trinajstić information content (AvgIpc) is 2.73. The quantitative estimate of drug-likeness (QED) is 0.624. The summed E-state index contributed by atoms with van der Waals surface area (Å²) in [5.41, 5.74) is 5.10. The van der Waals surface area contributed by atoms with Crippen molar-refractivity contribution in [3.05, 3.63) is 40.3 Å². The van der Waals surface area contributed by atoms with Crippen LogP contribution < -0.4 is 10.5 Å². The highest BCUT2D eigenvalue weighted by Gasteiger charge is 2.14. The van der Waals surface area contributed by atoms with Gasteiger partial charge in [-0.3, -0.25) is 10.1 Å². The first-order valence-electron chi connectivity index (χ1n) is 4.61. The minimum Gasteiger partial charge on any atom is -0.477 e. The first-order valence-corrected chi connectivity index (χ1v) is 4.61. The number of rotatable bonds is 4. The Morgan fingerprint density at radius 1 is 1.41 bits per heavy atom. The first kappa shape index (κ1) is 10.9. The molecule has 0 aliphatic rings. The lowest BCUT2D eigenvalue weighted by Gasteiger charge is -2.03. The highest BCUT2D eigenvalue weighted by Crippen LogP contribution is 2.26. The van der Waals surface area contributed by atoms with Crippen molar-refractivity contribution >= 4 is 11.7 Å². The zero-order valence-corrected chi connectivity index (χ0v) is 8.57. The van der Waals surface area contributed by atoms with Crippen LogP contribution in [-0.2, 0) is 6.61 Å². The van der Waals surface area contributed by atoms with E-state index in [0.29, 0.717) is 0 Å². The van der Waals surface area contributed by atoms with Gasteiger partial charge in [-0.15, -0.1) is 5.10 Å². The maximum Gasteiger partial charge on any atom is 0.312 e. The van der Waals surface area contributed by atoms with Gasteiger partial charge in [0.1, 0.15) is 0 Å². The van der Waals surface area contributed by atoms with E-state index in [1.54, 1.807) is 12.1 Å². The van der Waals surface area contributed by atoms with Crippen LogP contribution >= 0.6 is 0 Å². The highest BCUT2D eigenvalue weighted by atomic mass is 16.6. The third-order valence-corrected chi connectivity index (χ3v) is 1.90. The van der Waals surface area contributed by atoms with Gasteiger partial charge in [-0.25, -0.2) is 0 Å². The standard InChI is InChI=1S/C9H8N4O4/c10-9-12-11-8(17-9)5-16-7-4-2-1-3-6(7)13(14)15/h1-4H,5H2,(H2,10,12). The number of benzene rings is 1. The number of nitrogen functional groups attached to an aromatic ring is 1. The van der Waals surface area contributed by atoms with Crippen molar-refractivity contribution in [2.75, 3.05) is 5.73 Å². The third-order valence-electron chi connectivity index (χ3n) is 1.90. The van der Waals surface area contributed by atoms with Gasteiger partial charge in [0.2, 0.25) is 0 Å². The number of ether oxygens (including phenoxy) is 1. The van der Waals surface area contributed by atoms with Crippen molar-refractivity contribution in [1.29, 1.82) is 0 Å². The number of anilines is 1. The fourth-order valence-corrected chi connectivity index (χ4v) is 1.19. The van der Waals surface area contributed by atoms with Gasteiger partial charge in [-0.1, -0.05) is 17.2 Å². The van der Waals surface area contributed by atoms with E-state index in [1.807, 2.05) is 0 Å². The molecule has 8 heteroatoms. The molecule has 1 aromatic carbocycles. The fourth-order valence-electron chi connectivity index (χ4n) is 1.19. The van der Waals surface area contributed by atoms with Gasteiger partial charge in [0.25, 0.3) is 5.89 Å². The molecule has 2 aromatic rings. The molecule has 0 fully saturated rings. The topological polar surface area (TPSA) is 117 Å². The molecule has 0 spiro atoms. The maximum absolute atomic E-state index is 10.7. The lowest BCUT2D eigenvalue weighted by atomic mass is 10.3. The monoisotopic (exact) mass is 236 g/mol. The highest BCUT2D eigenvalue weighted by molar-refractivity contribution is 5.45. The molecule has 1 aromatic heterocycles. The smallest absolute Gasteiger partial charge is 0.312 e. The Bertz CT molecular complexity index is 539. The maximum atomic E-state index is 10.7. The van der Waals surface area contributed by atoms with E-state index in [-0.39, 0.29) is 29.9 Å². The molecule has 0 atom stereocenters. The Morgan fingerprint density at radius 3 is 2.82 bits per heavy atom. The molecule has 17 heavy (non-hydrogen) atoms. The second-order valence-electron chi connectivity index (χ2n) is 3.05. The minimum atomic E-state index is -0.530. The number of aromatic nitrogens is 2. The summed E-state index contributed by atoms with van der Waals surface area (Å²) in [5.74, 6) is 0.287. The van der Waals surface area contributed by atoms with Crippen LogP contribution in [-0.4, -0.2) is 15.1 Å². The van der Waals surface area contributed by atoms with E-state index in [2.05, 4.69) is 10.2 Å². The molecule has 0 bridgehead atoms. The average molecular weight is 236 g/mol. The summed E-state index contributed by atoms with van der Waals surface area (Å²) >= 11 is 0. The normalized spacial score (nSPS) is 10.1. The molecule has 0 saturated heterocycles. The van der Waals surface area contributed by atoms with Crippen molar-refractivity contribution < 1.29 is 14.1 Å². The molecule has 0 aliphatic carbocycles. The molecule has 1 heterocycles. The number of nitro benzene ring substituents is 1. The van der Waals surface area contributed by atoms with Crippen LogP contribution in [0.2, 0.25) is 0 Å². The van der Waals surface area contributed by atoms with Crippen LogP contribution in [0.5, 0.6) is 5.75 Å². The number of hydrogen-bond acceptors (Lipinski definition) is 7. The molecule has 88 valence electrons. The molecule has 2 rings (SSSR count). The lowest BCUT2D eigenvalue weighted by molar-refractivity contribution is -0.386.